The number of fused-ring (bicyclic) bond motifs is 3. The fraction of sp³-hybridized carbons (Fsp3) is 0.464. The summed E-state index contributed by atoms with van der Waals surface area (Å²) in [5, 5.41) is 12.0. The number of nitrogens with zero attached hydrogens (tertiary/aromatic N) is 1. The van der Waals surface area contributed by atoms with E-state index in [9.17, 15) is 14.4 Å². The van der Waals surface area contributed by atoms with E-state index >= 15 is 0 Å². The van der Waals surface area contributed by atoms with E-state index in [1.165, 1.54) is 0 Å². The summed E-state index contributed by atoms with van der Waals surface area (Å²) in [6, 6.07) is 15.5. The van der Waals surface area contributed by atoms with Gasteiger partial charge in [-0.1, -0.05) is 69.3 Å². The van der Waals surface area contributed by atoms with Gasteiger partial charge < -0.3 is 20.1 Å². The van der Waals surface area contributed by atoms with E-state index in [-0.39, 0.29) is 30.8 Å². The quantitative estimate of drug-likeness (QED) is 0.630. The number of amides is 2. The molecule has 2 aromatic carbocycles. The Kier molecular flexibility index (Phi) is 7.15. The highest BCUT2D eigenvalue weighted by Gasteiger charge is 2.38. The number of likely N-dealkylation sites (tertiary alicyclic amines) is 1. The number of alkyl carbamates (subject to hydrolysis) is 1. The van der Waals surface area contributed by atoms with Crippen molar-refractivity contribution in [1.82, 2.24) is 10.2 Å². The van der Waals surface area contributed by atoms with Crippen molar-refractivity contribution < 1.29 is 24.2 Å². The minimum absolute atomic E-state index is 0.0454. The lowest BCUT2D eigenvalue weighted by Crippen LogP contribution is -2.56. The van der Waals surface area contributed by atoms with Gasteiger partial charge in [0.25, 0.3) is 0 Å². The number of hydrogen-bond donors (Lipinski definition) is 2. The number of carbonyl (C=O) groups excluding carboxylic acids is 2. The van der Waals surface area contributed by atoms with Crippen LogP contribution in [-0.4, -0.2) is 53.7 Å². The van der Waals surface area contributed by atoms with Crippen LogP contribution in [0.5, 0.6) is 0 Å². The zero-order chi connectivity index (χ0) is 25.2. The number of piperidine rings is 1. The molecule has 0 saturated carbocycles. The van der Waals surface area contributed by atoms with Gasteiger partial charge in [-0.05, 0) is 46.4 Å². The van der Waals surface area contributed by atoms with E-state index in [0.717, 1.165) is 35.1 Å². The van der Waals surface area contributed by atoms with Crippen LogP contribution in [0.3, 0.4) is 0 Å². The van der Waals surface area contributed by atoms with Gasteiger partial charge in [0.1, 0.15) is 12.6 Å². The number of carbonyl (C=O) groups is 3. The maximum atomic E-state index is 13.4. The summed E-state index contributed by atoms with van der Waals surface area (Å²) >= 11 is 0. The first kappa shape index (κ1) is 24.8. The Bertz CT molecular complexity index is 1060. The Hall–Kier alpha value is -3.35. The van der Waals surface area contributed by atoms with Crippen LogP contribution >= 0.6 is 0 Å². The molecular formula is C28H34N2O5. The number of benzene rings is 2. The second kappa shape index (κ2) is 10.1. The normalized spacial score (nSPS) is 18.4. The molecule has 7 heteroatoms. The standard InChI is InChI=1S/C28H34N2O5/c1-28(2,3)25(26(33)30-14-8-9-18(16-30)15-24(31)32)29-27(34)35-17-23-21-12-6-4-10-19(21)20-11-5-7-13-22(20)23/h4-7,10-13,18,23,25H,8-9,14-17H2,1-3H3,(H,29,34)(H,31,32). The Morgan fingerprint density at radius 1 is 1.06 bits per heavy atom. The lowest BCUT2D eigenvalue weighted by Gasteiger charge is -2.38. The molecule has 2 unspecified atom stereocenters. The smallest absolute Gasteiger partial charge is 0.407 e. The molecule has 1 heterocycles. The molecule has 2 atom stereocenters. The van der Waals surface area contributed by atoms with Crippen LogP contribution in [0.25, 0.3) is 11.1 Å². The second-order valence-corrected chi connectivity index (χ2v) is 10.7. The second-order valence-electron chi connectivity index (χ2n) is 10.7. The zero-order valence-electron chi connectivity index (χ0n) is 20.6. The molecule has 1 saturated heterocycles. The Morgan fingerprint density at radius 3 is 2.23 bits per heavy atom. The lowest BCUT2D eigenvalue weighted by atomic mass is 9.85. The number of aliphatic carboxylic acids is 1. The average Bonchev–Trinajstić information content (AvgIpc) is 3.13. The monoisotopic (exact) mass is 478 g/mol. The van der Waals surface area contributed by atoms with Crippen LogP contribution < -0.4 is 5.32 Å². The number of ether oxygens (including phenoxy) is 1. The zero-order valence-corrected chi connectivity index (χ0v) is 20.6. The lowest BCUT2D eigenvalue weighted by molar-refractivity contribution is -0.142. The topological polar surface area (TPSA) is 95.9 Å². The largest absolute Gasteiger partial charge is 0.481 e. The van der Waals surface area contributed by atoms with Gasteiger partial charge in [-0.15, -0.1) is 0 Å². The van der Waals surface area contributed by atoms with Gasteiger partial charge in [-0.3, -0.25) is 9.59 Å². The fourth-order valence-electron chi connectivity index (χ4n) is 5.27. The predicted molar refractivity (Wildman–Crippen MR) is 133 cm³/mol. The summed E-state index contributed by atoms with van der Waals surface area (Å²) in [4.78, 5) is 39.1. The maximum absolute atomic E-state index is 13.4. The molecule has 186 valence electrons. The summed E-state index contributed by atoms with van der Waals surface area (Å²) < 4.78 is 5.68. The first-order valence-electron chi connectivity index (χ1n) is 12.3. The van der Waals surface area contributed by atoms with Crippen LogP contribution in [0, 0.1) is 11.3 Å². The highest BCUT2D eigenvalue weighted by Crippen LogP contribution is 2.44. The third-order valence-corrected chi connectivity index (χ3v) is 7.01. The summed E-state index contributed by atoms with van der Waals surface area (Å²) in [7, 11) is 0. The summed E-state index contributed by atoms with van der Waals surface area (Å²) in [5.41, 5.74) is 4.02. The fourth-order valence-corrected chi connectivity index (χ4v) is 5.27. The molecular weight excluding hydrogens is 444 g/mol. The van der Waals surface area contributed by atoms with Gasteiger partial charge in [0, 0.05) is 25.4 Å². The van der Waals surface area contributed by atoms with Crippen molar-refractivity contribution in [3.63, 3.8) is 0 Å². The molecule has 7 nitrogen and oxygen atoms in total. The van der Waals surface area contributed by atoms with Gasteiger partial charge in [0.05, 0.1) is 0 Å². The Labute approximate surface area is 206 Å². The minimum atomic E-state index is -0.853. The third-order valence-electron chi connectivity index (χ3n) is 7.01. The van der Waals surface area contributed by atoms with E-state index in [1.807, 2.05) is 45.0 Å². The molecule has 1 fully saturated rings. The Morgan fingerprint density at radius 2 is 1.66 bits per heavy atom. The molecule has 0 aromatic heterocycles. The van der Waals surface area contributed by atoms with E-state index in [2.05, 4.69) is 29.6 Å². The number of carboxylic acids is 1. The first-order chi connectivity index (χ1) is 16.6. The Balaban J connectivity index is 1.43. The molecule has 4 rings (SSSR count). The number of nitrogens with one attached hydrogen (secondary N) is 1. The van der Waals surface area contributed by atoms with Gasteiger partial charge in [-0.25, -0.2) is 4.79 Å². The van der Waals surface area contributed by atoms with E-state index < -0.39 is 23.5 Å². The van der Waals surface area contributed by atoms with Crippen LogP contribution in [0.1, 0.15) is 57.1 Å². The van der Waals surface area contributed by atoms with E-state index in [4.69, 9.17) is 9.84 Å². The highest BCUT2D eigenvalue weighted by atomic mass is 16.5. The molecule has 2 aliphatic rings. The van der Waals surface area contributed by atoms with Crippen molar-refractivity contribution in [1.29, 1.82) is 0 Å². The van der Waals surface area contributed by atoms with Gasteiger partial charge in [0.2, 0.25) is 5.91 Å². The van der Waals surface area contributed by atoms with Gasteiger partial charge in [0.15, 0.2) is 0 Å². The highest BCUT2D eigenvalue weighted by molar-refractivity contribution is 5.87. The van der Waals surface area contributed by atoms with Crippen molar-refractivity contribution in [3.05, 3.63) is 59.7 Å². The summed E-state index contributed by atoms with van der Waals surface area (Å²) in [6.45, 7) is 6.83. The van der Waals surface area contributed by atoms with Gasteiger partial charge >= 0.3 is 12.1 Å². The number of hydrogen-bond acceptors (Lipinski definition) is 4. The van der Waals surface area contributed by atoms with E-state index in [0.29, 0.717) is 13.1 Å². The number of rotatable bonds is 6. The van der Waals surface area contributed by atoms with Gasteiger partial charge in [-0.2, -0.15) is 0 Å². The molecule has 0 spiro atoms. The molecule has 1 aliphatic heterocycles. The van der Waals surface area contributed by atoms with Crippen molar-refractivity contribution in [3.8, 4) is 11.1 Å². The van der Waals surface area contributed by atoms with Crippen molar-refractivity contribution >= 4 is 18.0 Å². The minimum Gasteiger partial charge on any atom is -0.481 e. The first-order valence-corrected chi connectivity index (χ1v) is 12.3. The van der Waals surface area contributed by atoms with Crippen LogP contribution in [0.4, 0.5) is 4.79 Å². The average molecular weight is 479 g/mol. The maximum Gasteiger partial charge on any atom is 0.407 e. The molecule has 2 amide bonds. The van der Waals surface area contributed by atoms with Crippen molar-refractivity contribution in [2.24, 2.45) is 11.3 Å². The third kappa shape index (κ3) is 5.50. The molecule has 2 aromatic rings. The van der Waals surface area contributed by atoms with Crippen LogP contribution in [0.2, 0.25) is 0 Å². The molecule has 2 N–H and O–H groups in total. The predicted octanol–water partition coefficient (Wildman–Crippen LogP) is 4.65. The summed E-state index contributed by atoms with van der Waals surface area (Å²) in [6.07, 6.45) is 0.963. The SMILES string of the molecule is CC(C)(C)C(NC(=O)OCC1c2ccccc2-c2ccccc21)C(=O)N1CCCC(CC(=O)O)C1. The molecule has 1 aliphatic carbocycles. The van der Waals surface area contributed by atoms with Crippen LogP contribution in [-0.2, 0) is 14.3 Å². The molecule has 0 bridgehead atoms. The molecule has 0 radical (unpaired) electrons. The van der Waals surface area contributed by atoms with Crippen molar-refractivity contribution in [2.75, 3.05) is 19.7 Å². The summed E-state index contributed by atoms with van der Waals surface area (Å²) in [5.74, 6) is -1.18. The van der Waals surface area contributed by atoms with Crippen molar-refractivity contribution in [2.45, 2.75) is 52.0 Å². The van der Waals surface area contributed by atoms with E-state index in [1.54, 1.807) is 4.90 Å². The molecule has 35 heavy (non-hydrogen) atoms. The number of carboxylic acid groups (broad SMARTS) is 1. The van der Waals surface area contributed by atoms with Crippen LogP contribution in [0.15, 0.2) is 48.5 Å².